The zero-order valence-electron chi connectivity index (χ0n) is 10.3. The normalized spacial score (nSPS) is 25.9. The standard InChI is InChI=1S/C11H18N2O4/c1-4-5-6-11(3)9(16)13(10(17)12-11)7(2)8(14)15/h7H,4-6H2,1-3H3,(H,12,17)(H,14,15). The van der Waals surface area contributed by atoms with Crippen LogP contribution in [0, 0.1) is 0 Å². The number of carbonyl (C=O) groups excluding carboxylic acids is 2. The summed E-state index contributed by atoms with van der Waals surface area (Å²) >= 11 is 0. The number of nitrogens with zero attached hydrogens (tertiary/aromatic N) is 1. The number of carbonyl (C=O) groups is 3. The Balaban J connectivity index is 2.88. The van der Waals surface area contributed by atoms with E-state index < -0.39 is 29.5 Å². The van der Waals surface area contributed by atoms with E-state index in [1.165, 1.54) is 6.92 Å². The van der Waals surface area contributed by atoms with Crippen LogP contribution in [0.1, 0.15) is 40.0 Å². The van der Waals surface area contributed by atoms with Crippen molar-refractivity contribution in [3.63, 3.8) is 0 Å². The summed E-state index contributed by atoms with van der Waals surface area (Å²) in [5.74, 6) is -1.64. The number of nitrogens with one attached hydrogen (secondary N) is 1. The fourth-order valence-electron chi connectivity index (χ4n) is 1.87. The summed E-state index contributed by atoms with van der Waals surface area (Å²) < 4.78 is 0. The summed E-state index contributed by atoms with van der Waals surface area (Å²) in [4.78, 5) is 35.3. The number of rotatable bonds is 5. The second-order valence-electron chi connectivity index (χ2n) is 4.56. The third kappa shape index (κ3) is 2.40. The monoisotopic (exact) mass is 242 g/mol. The Kier molecular flexibility index (Phi) is 3.75. The third-order valence-electron chi connectivity index (χ3n) is 3.07. The van der Waals surface area contributed by atoms with Crippen LogP contribution in [0.4, 0.5) is 4.79 Å². The number of hydrogen-bond acceptors (Lipinski definition) is 3. The van der Waals surface area contributed by atoms with Gasteiger partial charge in [0.2, 0.25) is 0 Å². The highest BCUT2D eigenvalue weighted by Crippen LogP contribution is 2.24. The maximum Gasteiger partial charge on any atom is 0.326 e. The lowest BCUT2D eigenvalue weighted by molar-refractivity contribution is -0.147. The topological polar surface area (TPSA) is 86.7 Å². The minimum absolute atomic E-state index is 0.453. The van der Waals surface area contributed by atoms with Crippen LogP contribution in [0.2, 0.25) is 0 Å². The predicted molar refractivity (Wildman–Crippen MR) is 60.4 cm³/mol. The van der Waals surface area contributed by atoms with Gasteiger partial charge in [-0.15, -0.1) is 0 Å². The second kappa shape index (κ2) is 4.73. The fraction of sp³-hybridized carbons (Fsp3) is 0.727. The van der Waals surface area contributed by atoms with Gasteiger partial charge in [-0.1, -0.05) is 19.8 Å². The van der Waals surface area contributed by atoms with E-state index in [0.717, 1.165) is 17.7 Å². The van der Waals surface area contributed by atoms with E-state index in [4.69, 9.17) is 5.11 Å². The van der Waals surface area contributed by atoms with Crippen molar-refractivity contribution < 1.29 is 19.5 Å². The summed E-state index contributed by atoms with van der Waals surface area (Å²) in [6, 6.07) is -1.76. The molecule has 1 saturated heterocycles. The number of imide groups is 1. The highest BCUT2D eigenvalue weighted by atomic mass is 16.4. The van der Waals surface area contributed by atoms with Crippen LogP contribution in [0.3, 0.4) is 0 Å². The quantitative estimate of drug-likeness (QED) is 0.703. The molecule has 17 heavy (non-hydrogen) atoms. The van der Waals surface area contributed by atoms with Crippen molar-refractivity contribution in [1.29, 1.82) is 0 Å². The molecule has 1 heterocycles. The molecule has 1 aliphatic heterocycles. The van der Waals surface area contributed by atoms with Crippen LogP contribution >= 0.6 is 0 Å². The van der Waals surface area contributed by atoms with Gasteiger partial charge in [0.1, 0.15) is 11.6 Å². The Labute approximate surface area is 100.0 Å². The minimum Gasteiger partial charge on any atom is -0.480 e. The number of hydrogen-bond donors (Lipinski definition) is 2. The Morgan fingerprint density at radius 3 is 2.59 bits per heavy atom. The fourth-order valence-corrected chi connectivity index (χ4v) is 1.87. The Morgan fingerprint density at radius 1 is 1.53 bits per heavy atom. The molecule has 2 N–H and O–H groups in total. The molecule has 1 aliphatic rings. The maximum absolute atomic E-state index is 12.1. The van der Waals surface area contributed by atoms with Gasteiger partial charge < -0.3 is 10.4 Å². The summed E-state index contributed by atoms with van der Waals surface area (Å²) in [7, 11) is 0. The first-order chi connectivity index (χ1) is 7.83. The van der Waals surface area contributed by atoms with Crippen molar-refractivity contribution in [3.8, 4) is 0 Å². The molecular formula is C11H18N2O4. The zero-order valence-corrected chi connectivity index (χ0v) is 10.3. The van der Waals surface area contributed by atoms with Gasteiger partial charge in [-0.25, -0.2) is 14.5 Å². The molecule has 2 unspecified atom stereocenters. The average Bonchev–Trinajstić information content (AvgIpc) is 2.47. The van der Waals surface area contributed by atoms with Crippen LogP contribution in [0.25, 0.3) is 0 Å². The van der Waals surface area contributed by atoms with Gasteiger partial charge in [0.25, 0.3) is 5.91 Å². The molecule has 2 atom stereocenters. The molecule has 96 valence electrons. The van der Waals surface area contributed by atoms with Gasteiger partial charge >= 0.3 is 12.0 Å². The van der Waals surface area contributed by atoms with Gasteiger partial charge in [-0.3, -0.25) is 4.79 Å². The average molecular weight is 242 g/mol. The van der Waals surface area contributed by atoms with Gasteiger partial charge in [-0.05, 0) is 20.3 Å². The number of carboxylic acids is 1. The van der Waals surface area contributed by atoms with Crippen molar-refractivity contribution in [2.24, 2.45) is 0 Å². The van der Waals surface area contributed by atoms with E-state index in [2.05, 4.69) is 5.32 Å². The molecule has 0 saturated carbocycles. The molecule has 0 aromatic carbocycles. The van der Waals surface area contributed by atoms with E-state index in [-0.39, 0.29) is 0 Å². The van der Waals surface area contributed by atoms with E-state index in [1.807, 2.05) is 6.92 Å². The summed E-state index contributed by atoms with van der Waals surface area (Å²) in [6.07, 6.45) is 2.24. The first-order valence-electron chi connectivity index (χ1n) is 5.72. The Morgan fingerprint density at radius 2 is 2.12 bits per heavy atom. The molecular weight excluding hydrogens is 224 g/mol. The minimum atomic E-state index is -1.19. The highest BCUT2D eigenvalue weighted by Gasteiger charge is 2.50. The van der Waals surface area contributed by atoms with Crippen molar-refractivity contribution >= 4 is 17.9 Å². The molecule has 1 rings (SSSR count). The van der Waals surface area contributed by atoms with Crippen molar-refractivity contribution in [1.82, 2.24) is 10.2 Å². The van der Waals surface area contributed by atoms with Crippen molar-refractivity contribution in [2.75, 3.05) is 0 Å². The first-order valence-corrected chi connectivity index (χ1v) is 5.72. The lowest BCUT2D eigenvalue weighted by atomic mass is 9.95. The van der Waals surface area contributed by atoms with Gasteiger partial charge in [0.15, 0.2) is 0 Å². The molecule has 0 bridgehead atoms. The largest absolute Gasteiger partial charge is 0.480 e. The zero-order chi connectivity index (χ0) is 13.2. The third-order valence-corrected chi connectivity index (χ3v) is 3.07. The lowest BCUT2D eigenvalue weighted by Crippen LogP contribution is -2.46. The predicted octanol–water partition coefficient (Wildman–Crippen LogP) is 0.960. The van der Waals surface area contributed by atoms with Crippen LogP contribution in [0.5, 0.6) is 0 Å². The SMILES string of the molecule is CCCCC1(C)NC(=O)N(C(C)C(=O)O)C1=O. The summed E-state index contributed by atoms with van der Waals surface area (Å²) in [5.41, 5.74) is -0.962. The smallest absolute Gasteiger partial charge is 0.326 e. The van der Waals surface area contributed by atoms with E-state index in [9.17, 15) is 14.4 Å². The van der Waals surface area contributed by atoms with E-state index >= 15 is 0 Å². The lowest BCUT2D eigenvalue weighted by Gasteiger charge is -2.22. The van der Waals surface area contributed by atoms with Gasteiger partial charge in [-0.2, -0.15) is 0 Å². The number of unbranched alkanes of at least 4 members (excludes halogenated alkanes) is 1. The molecule has 6 heteroatoms. The molecule has 6 nitrogen and oxygen atoms in total. The van der Waals surface area contributed by atoms with Crippen LogP contribution < -0.4 is 5.32 Å². The van der Waals surface area contributed by atoms with Crippen LogP contribution in [0.15, 0.2) is 0 Å². The van der Waals surface area contributed by atoms with Crippen molar-refractivity contribution in [3.05, 3.63) is 0 Å². The number of urea groups is 1. The number of aliphatic carboxylic acids is 1. The Hall–Kier alpha value is -1.59. The van der Waals surface area contributed by atoms with Crippen LogP contribution in [-0.4, -0.2) is 39.5 Å². The summed E-state index contributed by atoms with van der Waals surface area (Å²) in [5, 5.41) is 11.4. The second-order valence-corrected chi connectivity index (χ2v) is 4.56. The highest BCUT2D eigenvalue weighted by molar-refractivity contribution is 6.09. The van der Waals surface area contributed by atoms with Crippen LogP contribution in [-0.2, 0) is 9.59 Å². The maximum atomic E-state index is 12.1. The molecule has 3 amide bonds. The van der Waals surface area contributed by atoms with E-state index in [0.29, 0.717) is 6.42 Å². The number of carboxylic acid groups (broad SMARTS) is 1. The molecule has 1 fully saturated rings. The molecule has 0 aromatic rings. The molecule has 0 aliphatic carbocycles. The molecule has 0 aromatic heterocycles. The van der Waals surface area contributed by atoms with Gasteiger partial charge in [0, 0.05) is 0 Å². The Bertz CT molecular complexity index is 355. The molecule has 0 spiro atoms. The molecule has 0 radical (unpaired) electrons. The first kappa shape index (κ1) is 13.5. The van der Waals surface area contributed by atoms with E-state index in [1.54, 1.807) is 6.92 Å². The summed E-state index contributed by atoms with van der Waals surface area (Å²) in [6.45, 7) is 4.95. The number of amides is 3. The van der Waals surface area contributed by atoms with Gasteiger partial charge in [0.05, 0.1) is 0 Å². The van der Waals surface area contributed by atoms with Crippen molar-refractivity contribution in [2.45, 2.75) is 51.6 Å².